The maximum atomic E-state index is 12.5. The van der Waals surface area contributed by atoms with Gasteiger partial charge in [-0.05, 0) is 24.3 Å². The number of rotatable bonds is 6. The first kappa shape index (κ1) is 18.3. The van der Waals surface area contributed by atoms with Crippen molar-refractivity contribution >= 4 is 35.2 Å². The molecule has 0 aliphatic carbocycles. The van der Waals surface area contributed by atoms with Crippen molar-refractivity contribution < 1.29 is 29.0 Å². The second-order valence-corrected chi connectivity index (χ2v) is 6.89. The van der Waals surface area contributed by atoms with Crippen molar-refractivity contribution in [3.8, 4) is 5.75 Å². The van der Waals surface area contributed by atoms with Crippen LogP contribution in [0, 0.1) is 0 Å². The van der Waals surface area contributed by atoms with Gasteiger partial charge in [0.05, 0.1) is 5.57 Å². The fourth-order valence-electron chi connectivity index (χ4n) is 2.88. The van der Waals surface area contributed by atoms with Gasteiger partial charge in [0.2, 0.25) is 5.91 Å². The minimum Gasteiger partial charge on any atom is -0.478 e. The number of ether oxygens (including phenoxy) is 2. The molecule has 3 rings (SSSR count). The highest BCUT2D eigenvalue weighted by atomic mass is 32.2. The first-order chi connectivity index (χ1) is 12.4. The molecule has 1 aromatic rings. The van der Waals surface area contributed by atoms with Crippen LogP contribution in [0.1, 0.15) is 6.92 Å². The van der Waals surface area contributed by atoms with Crippen LogP contribution in [-0.4, -0.2) is 58.9 Å². The number of carbonyl (C=O) groups excluding carboxylic acids is 2. The Bertz CT molecular complexity index is 763. The average Bonchev–Trinajstić information content (AvgIpc) is 2.63. The summed E-state index contributed by atoms with van der Waals surface area (Å²) in [4.78, 5) is 38.7. The van der Waals surface area contributed by atoms with E-state index in [0.717, 1.165) is 0 Å². The number of carboxylic acids is 1. The lowest BCUT2D eigenvalue weighted by Crippen LogP contribution is -2.69. The molecule has 138 valence electrons. The molecule has 2 aliphatic rings. The third-order valence-electron chi connectivity index (χ3n) is 4.11. The summed E-state index contributed by atoms with van der Waals surface area (Å²) in [6, 6.07) is 6.14. The van der Waals surface area contributed by atoms with Crippen molar-refractivity contribution in [2.45, 2.75) is 18.3 Å². The summed E-state index contributed by atoms with van der Waals surface area (Å²) in [5, 5.41) is 8.78. The number of hydrogen-bond donors (Lipinski definition) is 1. The number of benzene rings is 1. The molecule has 1 N–H and O–H groups in total. The molecule has 0 saturated carbocycles. The van der Waals surface area contributed by atoms with Crippen molar-refractivity contribution in [2.24, 2.45) is 0 Å². The molecule has 26 heavy (non-hydrogen) atoms. The lowest BCUT2D eigenvalue weighted by Gasteiger charge is -2.50. The highest BCUT2D eigenvalue weighted by molar-refractivity contribution is 8.00. The second-order valence-electron chi connectivity index (χ2n) is 5.79. The van der Waals surface area contributed by atoms with E-state index in [1.54, 1.807) is 24.3 Å². The van der Waals surface area contributed by atoms with E-state index in [-0.39, 0.29) is 35.3 Å². The normalized spacial score (nSPS) is 21.4. The summed E-state index contributed by atoms with van der Waals surface area (Å²) in [5.41, 5.74) is 0.751. The minimum absolute atomic E-state index is 0.114. The third-order valence-corrected chi connectivity index (χ3v) is 5.41. The standard InChI is InChI=1S/C17H18N2O6S/c1-10(20)19(12-3-5-13(6-4-12)25-9-24-2)14-15(21)18-7-11(17(22)23)8-26-16(14)18/h3-7,14,16H,8-9H2,1-2H3,(H,22,23)/t14?,16-/m1/s1. The zero-order chi connectivity index (χ0) is 18.8. The number of methoxy groups -OCH3 is 1. The minimum atomic E-state index is -1.04. The van der Waals surface area contributed by atoms with Crippen LogP contribution >= 0.6 is 11.8 Å². The number of hydrogen-bond acceptors (Lipinski definition) is 6. The van der Waals surface area contributed by atoms with Crippen LogP contribution in [0.4, 0.5) is 5.69 Å². The fourth-order valence-corrected chi connectivity index (χ4v) is 4.18. The molecule has 2 atom stereocenters. The van der Waals surface area contributed by atoms with E-state index in [1.165, 1.54) is 41.8 Å². The molecule has 0 aromatic heterocycles. The predicted octanol–water partition coefficient (Wildman–Crippen LogP) is 1.27. The monoisotopic (exact) mass is 378 g/mol. The molecule has 1 saturated heterocycles. The number of aliphatic carboxylic acids is 1. The van der Waals surface area contributed by atoms with Gasteiger partial charge in [0.1, 0.15) is 17.2 Å². The van der Waals surface area contributed by atoms with Gasteiger partial charge in [-0.1, -0.05) is 0 Å². The molecular formula is C17H18N2O6S. The lowest BCUT2D eigenvalue weighted by atomic mass is 10.0. The molecule has 1 fully saturated rings. The highest BCUT2D eigenvalue weighted by Gasteiger charge is 2.53. The Kier molecular flexibility index (Phi) is 5.19. The van der Waals surface area contributed by atoms with E-state index in [1.807, 2.05) is 0 Å². The van der Waals surface area contributed by atoms with E-state index in [9.17, 15) is 14.4 Å². The number of carboxylic acid groups (broad SMARTS) is 1. The van der Waals surface area contributed by atoms with E-state index in [2.05, 4.69) is 0 Å². The molecule has 2 amide bonds. The van der Waals surface area contributed by atoms with Crippen molar-refractivity contribution in [1.82, 2.24) is 4.90 Å². The van der Waals surface area contributed by atoms with Crippen molar-refractivity contribution in [3.63, 3.8) is 0 Å². The number of fused-ring (bicyclic) bond motifs is 1. The Labute approximate surface area is 154 Å². The van der Waals surface area contributed by atoms with E-state index >= 15 is 0 Å². The second kappa shape index (κ2) is 7.38. The molecule has 1 unspecified atom stereocenters. The van der Waals surface area contributed by atoms with Crippen LogP contribution in [0.3, 0.4) is 0 Å². The lowest BCUT2D eigenvalue weighted by molar-refractivity contribution is -0.142. The van der Waals surface area contributed by atoms with Crippen molar-refractivity contribution in [2.75, 3.05) is 24.6 Å². The van der Waals surface area contributed by atoms with Crippen LogP contribution in [-0.2, 0) is 19.1 Å². The van der Waals surface area contributed by atoms with Gasteiger partial charge in [0.25, 0.3) is 5.91 Å². The number of anilines is 1. The molecule has 0 radical (unpaired) electrons. The zero-order valence-electron chi connectivity index (χ0n) is 14.2. The van der Waals surface area contributed by atoms with E-state index < -0.39 is 12.0 Å². The molecule has 2 heterocycles. The van der Waals surface area contributed by atoms with Gasteiger partial charge in [-0.2, -0.15) is 0 Å². The third kappa shape index (κ3) is 3.27. The number of β-lactam (4-membered cyclic amide) rings is 1. The summed E-state index contributed by atoms with van der Waals surface area (Å²) in [5.74, 6) is -0.724. The van der Waals surface area contributed by atoms with Crippen LogP contribution < -0.4 is 9.64 Å². The first-order valence-electron chi connectivity index (χ1n) is 7.83. The maximum absolute atomic E-state index is 12.5. The summed E-state index contributed by atoms with van der Waals surface area (Å²) in [7, 11) is 1.52. The maximum Gasteiger partial charge on any atom is 0.333 e. The SMILES string of the molecule is COCOc1ccc(N(C(C)=O)C2C(=O)N3C=C(C(=O)O)CS[C@H]23)cc1. The van der Waals surface area contributed by atoms with Crippen LogP contribution in [0.5, 0.6) is 5.75 Å². The largest absolute Gasteiger partial charge is 0.478 e. The molecule has 9 heteroatoms. The first-order valence-corrected chi connectivity index (χ1v) is 8.88. The Morgan fingerprint density at radius 2 is 2.04 bits per heavy atom. The van der Waals surface area contributed by atoms with Gasteiger partial charge in [-0.25, -0.2) is 4.79 Å². The van der Waals surface area contributed by atoms with Gasteiger partial charge in [-0.15, -0.1) is 11.8 Å². The Balaban J connectivity index is 1.81. The summed E-state index contributed by atoms with van der Waals surface area (Å²) in [6.07, 6.45) is 1.36. The summed E-state index contributed by atoms with van der Waals surface area (Å²) >= 11 is 1.34. The molecule has 2 aliphatic heterocycles. The molecule has 0 spiro atoms. The van der Waals surface area contributed by atoms with Gasteiger partial charge in [0, 0.05) is 31.7 Å². The number of amides is 2. The fraction of sp³-hybridized carbons (Fsp3) is 0.353. The smallest absolute Gasteiger partial charge is 0.333 e. The average molecular weight is 378 g/mol. The van der Waals surface area contributed by atoms with Crippen LogP contribution in [0.2, 0.25) is 0 Å². The van der Waals surface area contributed by atoms with Gasteiger partial charge < -0.3 is 19.5 Å². The topological polar surface area (TPSA) is 96.4 Å². The van der Waals surface area contributed by atoms with Gasteiger partial charge in [0.15, 0.2) is 6.79 Å². The Hall–Kier alpha value is -2.52. The molecular weight excluding hydrogens is 360 g/mol. The molecule has 8 nitrogen and oxygen atoms in total. The Morgan fingerprint density at radius 3 is 2.62 bits per heavy atom. The number of thioether (sulfide) groups is 1. The van der Waals surface area contributed by atoms with Crippen molar-refractivity contribution in [3.05, 3.63) is 36.0 Å². The van der Waals surface area contributed by atoms with Gasteiger partial charge >= 0.3 is 5.97 Å². The van der Waals surface area contributed by atoms with E-state index in [4.69, 9.17) is 14.6 Å². The summed E-state index contributed by atoms with van der Waals surface area (Å²) in [6.45, 7) is 1.51. The van der Waals surface area contributed by atoms with Crippen LogP contribution in [0.15, 0.2) is 36.0 Å². The van der Waals surface area contributed by atoms with Crippen LogP contribution in [0.25, 0.3) is 0 Å². The molecule has 1 aromatic carbocycles. The quantitative estimate of drug-likeness (QED) is 0.588. The highest BCUT2D eigenvalue weighted by Crippen LogP contribution is 2.40. The Morgan fingerprint density at radius 1 is 1.35 bits per heavy atom. The molecule has 0 bridgehead atoms. The van der Waals surface area contributed by atoms with Crippen molar-refractivity contribution in [1.29, 1.82) is 0 Å². The predicted molar refractivity (Wildman–Crippen MR) is 94.7 cm³/mol. The number of nitrogens with zero attached hydrogens (tertiary/aromatic N) is 2. The summed E-state index contributed by atoms with van der Waals surface area (Å²) < 4.78 is 10.2. The number of carbonyl (C=O) groups is 3. The zero-order valence-corrected chi connectivity index (χ0v) is 15.1. The van der Waals surface area contributed by atoms with E-state index in [0.29, 0.717) is 11.4 Å². The van der Waals surface area contributed by atoms with Gasteiger partial charge in [-0.3, -0.25) is 14.5 Å².